The van der Waals surface area contributed by atoms with Crippen LogP contribution in [0.5, 0.6) is 0 Å². The molecule has 11 heavy (non-hydrogen) atoms. The van der Waals surface area contributed by atoms with Gasteiger partial charge in [-0.15, -0.1) is 0 Å². The molecule has 4 atom stereocenters. The van der Waals surface area contributed by atoms with E-state index < -0.39 is 0 Å². The van der Waals surface area contributed by atoms with Crippen LogP contribution in [0.3, 0.4) is 0 Å². The molecule has 2 aliphatic carbocycles. The Morgan fingerprint density at radius 3 is 2.45 bits per heavy atom. The Balaban J connectivity index is 2.01. The van der Waals surface area contributed by atoms with Crippen molar-refractivity contribution in [1.29, 1.82) is 0 Å². The highest BCUT2D eigenvalue weighted by molar-refractivity contribution is 4.89. The second kappa shape index (κ2) is 2.76. The Kier molecular flexibility index (Phi) is 1.90. The second-order valence-electron chi connectivity index (χ2n) is 4.04. The van der Waals surface area contributed by atoms with Gasteiger partial charge < -0.3 is 10.2 Å². The quantitative estimate of drug-likeness (QED) is 0.547. The zero-order chi connectivity index (χ0) is 7.84. The molecule has 0 aromatic carbocycles. The van der Waals surface area contributed by atoms with E-state index in [-0.39, 0.29) is 12.2 Å². The van der Waals surface area contributed by atoms with Crippen molar-refractivity contribution in [2.75, 3.05) is 0 Å². The summed E-state index contributed by atoms with van der Waals surface area (Å²) in [7, 11) is 0. The number of aliphatic hydroxyl groups is 2. The SMILES string of the molecule is OC1CCC2CCC(O)C2C1. The van der Waals surface area contributed by atoms with E-state index >= 15 is 0 Å². The van der Waals surface area contributed by atoms with Gasteiger partial charge in [-0.2, -0.15) is 0 Å². The monoisotopic (exact) mass is 156 g/mol. The van der Waals surface area contributed by atoms with Gasteiger partial charge in [-0.1, -0.05) is 0 Å². The zero-order valence-electron chi connectivity index (χ0n) is 6.74. The van der Waals surface area contributed by atoms with E-state index in [4.69, 9.17) is 0 Å². The molecule has 2 N–H and O–H groups in total. The highest BCUT2D eigenvalue weighted by Gasteiger charge is 2.38. The first-order chi connectivity index (χ1) is 5.27. The zero-order valence-corrected chi connectivity index (χ0v) is 6.74. The molecule has 2 heteroatoms. The van der Waals surface area contributed by atoms with Gasteiger partial charge >= 0.3 is 0 Å². The van der Waals surface area contributed by atoms with Crippen LogP contribution in [0.25, 0.3) is 0 Å². The van der Waals surface area contributed by atoms with Crippen LogP contribution in [0.2, 0.25) is 0 Å². The van der Waals surface area contributed by atoms with Gasteiger partial charge in [0.05, 0.1) is 12.2 Å². The summed E-state index contributed by atoms with van der Waals surface area (Å²) in [6.45, 7) is 0. The molecule has 2 fully saturated rings. The molecule has 2 aliphatic rings. The van der Waals surface area contributed by atoms with Crippen LogP contribution in [0.1, 0.15) is 32.1 Å². The predicted octanol–water partition coefficient (Wildman–Crippen LogP) is 0.918. The number of fused-ring (bicyclic) bond motifs is 1. The van der Waals surface area contributed by atoms with E-state index in [1.165, 1.54) is 6.42 Å². The smallest absolute Gasteiger partial charge is 0.0572 e. The van der Waals surface area contributed by atoms with Crippen LogP contribution >= 0.6 is 0 Å². The van der Waals surface area contributed by atoms with Gasteiger partial charge in [-0.25, -0.2) is 0 Å². The fourth-order valence-corrected chi connectivity index (χ4v) is 2.67. The molecule has 0 radical (unpaired) electrons. The summed E-state index contributed by atoms with van der Waals surface area (Å²) in [6.07, 6.45) is 4.81. The molecule has 0 aliphatic heterocycles. The first-order valence-corrected chi connectivity index (χ1v) is 4.63. The third-order valence-electron chi connectivity index (χ3n) is 3.35. The van der Waals surface area contributed by atoms with Crippen molar-refractivity contribution in [2.24, 2.45) is 11.8 Å². The van der Waals surface area contributed by atoms with Crippen molar-refractivity contribution < 1.29 is 10.2 Å². The molecule has 2 saturated carbocycles. The summed E-state index contributed by atoms with van der Waals surface area (Å²) >= 11 is 0. The minimum Gasteiger partial charge on any atom is -0.393 e. The van der Waals surface area contributed by atoms with Gasteiger partial charge in [-0.3, -0.25) is 0 Å². The van der Waals surface area contributed by atoms with E-state index in [0.29, 0.717) is 11.8 Å². The summed E-state index contributed by atoms with van der Waals surface area (Å²) in [6, 6.07) is 0. The molecule has 0 amide bonds. The Bertz CT molecular complexity index is 146. The molecule has 0 aromatic heterocycles. The van der Waals surface area contributed by atoms with Gasteiger partial charge in [0.2, 0.25) is 0 Å². The number of hydrogen-bond donors (Lipinski definition) is 2. The van der Waals surface area contributed by atoms with E-state index in [0.717, 1.165) is 25.7 Å². The second-order valence-corrected chi connectivity index (χ2v) is 4.04. The summed E-state index contributed by atoms with van der Waals surface area (Å²) in [5.41, 5.74) is 0. The fraction of sp³-hybridized carbons (Fsp3) is 1.00. The Hall–Kier alpha value is -0.0800. The van der Waals surface area contributed by atoms with Gasteiger partial charge in [0, 0.05) is 0 Å². The van der Waals surface area contributed by atoms with E-state index in [1.807, 2.05) is 0 Å². The Morgan fingerprint density at radius 1 is 0.909 bits per heavy atom. The number of aliphatic hydroxyl groups excluding tert-OH is 2. The number of rotatable bonds is 0. The normalized spacial score (nSPS) is 50.7. The van der Waals surface area contributed by atoms with Crippen molar-refractivity contribution in [1.82, 2.24) is 0 Å². The molecule has 2 rings (SSSR count). The van der Waals surface area contributed by atoms with Crippen molar-refractivity contribution in [3.05, 3.63) is 0 Å². The van der Waals surface area contributed by atoms with E-state index in [2.05, 4.69) is 0 Å². The summed E-state index contributed by atoms with van der Waals surface area (Å²) < 4.78 is 0. The molecule has 0 spiro atoms. The maximum Gasteiger partial charge on any atom is 0.0572 e. The van der Waals surface area contributed by atoms with Crippen molar-refractivity contribution in [3.8, 4) is 0 Å². The molecule has 0 saturated heterocycles. The highest BCUT2D eigenvalue weighted by Crippen LogP contribution is 2.42. The third-order valence-corrected chi connectivity index (χ3v) is 3.35. The van der Waals surface area contributed by atoms with Crippen molar-refractivity contribution in [2.45, 2.75) is 44.3 Å². The molecule has 0 heterocycles. The fourth-order valence-electron chi connectivity index (χ4n) is 2.67. The molecule has 0 aromatic rings. The van der Waals surface area contributed by atoms with Crippen LogP contribution in [0, 0.1) is 11.8 Å². The highest BCUT2D eigenvalue weighted by atomic mass is 16.3. The third kappa shape index (κ3) is 1.30. The van der Waals surface area contributed by atoms with Gasteiger partial charge in [0.1, 0.15) is 0 Å². The largest absolute Gasteiger partial charge is 0.393 e. The standard InChI is InChI=1S/C9H16O2/c10-7-3-1-6-2-4-9(11)8(6)5-7/h6-11H,1-5H2. The van der Waals surface area contributed by atoms with E-state index in [1.54, 1.807) is 0 Å². The summed E-state index contributed by atoms with van der Waals surface area (Å²) in [4.78, 5) is 0. The first-order valence-electron chi connectivity index (χ1n) is 4.63. The molecular formula is C9H16O2. The molecule has 0 bridgehead atoms. The lowest BCUT2D eigenvalue weighted by Gasteiger charge is -2.30. The van der Waals surface area contributed by atoms with Crippen LogP contribution < -0.4 is 0 Å². The topological polar surface area (TPSA) is 40.5 Å². The minimum absolute atomic E-state index is 0.116. The molecule has 2 nitrogen and oxygen atoms in total. The van der Waals surface area contributed by atoms with Gasteiger partial charge in [0.15, 0.2) is 0 Å². The molecule has 64 valence electrons. The van der Waals surface area contributed by atoms with E-state index in [9.17, 15) is 10.2 Å². The van der Waals surface area contributed by atoms with Crippen LogP contribution in [0.15, 0.2) is 0 Å². The van der Waals surface area contributed by atoms with Crippen molar-refractivity contribution >= 4 is 0 Å². The maximum absolute atomic E-state index is 9.53. The summed E-state index contributed by atoms with van der Waals surface area (Å²) in [5, 5.41) is 18.9. The lowest BCUT2D eigenvalue weighted by atomic mass is 9.79. The van der Waals surface area contributed by atoms with Crippen molar-refractivity contribution in [3.63, 3.8) is 0 Å². The molecule has 4 unspecified atom stereocenters. The predicted molar refractivity (Wildman–Crippen MR) is 42.1 cm³/mol. The van der Waals surface area contributed by atoms with Gasteiger partial charge in [-0.05, 0) is 43.9 Å². The average Bonchev–Trinajstić information content (AvgIpc) is 2.33. The van der Waals surface area contributed by atoms with Crippen LogP contribution in [0.4, 0.5) is 0 Å². The molecular weight excluding hydrogens is 140 g/mol. The average molecular weight is 156 g/mol. The lowest BCUT2D eigenvalue weighted by molar-refractivity contribution is 0.0302. The Morgan fingerprint density at radius 2 is 1.64 bits per heavy atom. The van der Waals surface area contributed by atoms with Crippen LogP contribution in [-0.2, 0) is 0 Å². The number of hydrogen-bond acceptors (Lipinski definition) is 2. The first kappa shape index (κ1) is 7.56. The van der Waals surface area contributed by atoms with Crippen LogP contribution in [-0.4, -0.2) is 22.4 Å². The summed E-state index contributed by atoms with van der Waals surface area (Å²) in [5.74, 6) is 1.13. The lowest BCUT2D eigenvalue weighted by Crippen LogP contribution is -2.29. The minimum atomic E-state index is -0.135. The van der Waals surface area contributed by atoms with Gasteiger partial charge in [0.25, 0.3) is 0 Å². The Labute approximate surface area is 67.2 Å². The maximum atomic E-state index is 9.53.